The third kappa shape index (κ3) is 5.49. The molecule has 0 amide bonds. The van der Waals surface area contributed by atoms with Crippen LogP contribution in [-0.4, -0.2) is 7.38 Å². The van der Waals surface area contributed by atoms with E-state index in [1.54, 1.807) is 0 Å². The Bertz CT molecular complexity index is 1210. The Labute approximate surface area is 205 Å². The Morgan fingerprint density at radius 1 is 0.758 bits per heavy atom. The molecule has 2 heteroatoms. The standard InChI is InChI=1S/C11H13ClSi.2C10H10/c1-13(2,12)11-8-7-9-5-3-4-6-10(9)11;2*1-8-6-7-9-4-2-3-5-10(8)9/h3-8,11H,1-2H3;2-6H,7H2,1H3;2-8H,1H3. The maximum absolute atomic E-state index is 6.45. The molecule has 0 fully saturated rings. The van der Waals surface area contributed by atoms with E-state index in [0.29, 0.717) is 11.5 Å². The summed E-state index contributed by atoms with van der Waals surface area (Å²) in [6.45, 7) is 8.80. The molecule has 6 rings (SSSR count). The smallest absolute Gasteiger partial charge is 0.161 e. The van der Waals surface area contributed by atoms with Gasteiger partial charge in [0.05, 0.1) is 0 Å². The van der Waals surface area contributed by atoms with Crippen molar-refractivity contribution in [2.45, 2.75) is 44.8 Å². The Balaban J connectivity index is 0.000000119. The van der Waals surface area contributed by atoms with Gasteiger partial charge in [0, 0.05) is 5.54 Å². The largest absolute Gasteiger partial charge is 0.167 e. The molecule has 0 N–H and O–H groups in total. The quantitative estimate of drug-likeness (QED) is 0.246. The van der Waals surface area contributed by atoms with Crippen molar-refractivity contribution in [3.63, 3.8) is 0 Å². The summed E-state index contributed by atoms with van der Waals surface area (Å²) in [4.78, 5) is 0. The van der Waals surface area contributed by atoms with Gasteiger partial charge in [0.1, 0.15) is 0 Å². The van der Waals surface area contributed by atoms with Crippen molar-refractivity contribution in [1.82, 2.24) is 0 Å². The number of hydrogen-bond acceptors (Lipinski definition) is 0. The van der Waals surface area contributed by atoms with Crippen LogP contribution in [-0.2, 0) is 6.42 Å². The minimum Gasteiger partial charge on any atom is -0.167 e. The molecule has 0 aliphatic heterocycles. The van der Waals surface area contributed by atoms with Gasteiger partial charge in [-0.05, 0) is 58.2 Å². The van der Waals surface area contributed by atoms with E-state index in [0.717, 1.165) is 6.42 Å². The minimum absolute atomic E-state index is 0.491. The van der Waals surface area contributed by atoms with Crippen LogP contribution < -0.4 is 0 Å². The van der Waals surface area contributed by atoms with Gasteiger partial charge in [0.25, 0.3) is 0 Å². The first-order valence-corrected chi connectivity index (χ1v) is 15.9. The van der Waals surface area contributed by atoms with E-state index in [9.17, 15) is 0 Å². The normalized spacial score (nSPS) is 18.9. The second kappa shape index (κ2) is 10.1. The van der Waals surface area contributed by atoms with E-state index in [1.165, 1.54) is 39.0 Å². The van der Waals surface area contributed by atoms with Gasteiger partial charge in [0.15, 0.2) is 7.38 Å². The maximum Gasteiger partial charge on any atom is 0.161 e. The fraction of sp³-hybridized carbons (Fsp3) is 0.226. The molecule has 3 aromatic rings. The number of allylic oxidation sites excluding steroid dienone is 4. The first kappa shape index (κ1) is 23.5. The van der Waals surface area contributed by atoms with Gasteiger partial charge in [-0.15, -0.1) is 0 Å². The molecule has 168 valence electrons. The Hall–Kier alpha value is -2.61. The molecule has 0 nitrogen and oxygen atoms in total. The summed E-state index contributed by atoms with van der Waals surface area (Å²) >= 11 is 6.45. The van der Waals surface area contributed by atoms with Crippen molar-refractivity contribution in [2.75, 3.05) is 0 Å². The predicted molar refractivity (Wildman–Crippen MR) is 149 cm³/mol. The molecule has 3 aliphatic rings. The van der Waals surface area contributed by atoms with Crippen molar-refractivity contribution < 1.29 is 0 Å². The molecule has 0 saturated carbocycles. The summed E-state index contributed by atoms with van der Waals surface area (Å²) in [7, 11) is -1.59. The first-order chi connectivity index (χ1) is 15.8. The van der Waals surface area contributed by atoms with Gasteiger partial charge in [-0.25, -0.2) is 0 Å². The third-order valence-corrected chi connectivity index (χ3v) is 9.35. The molecule has 0 heterocycles. The number of rotatable bonds is 1. The van der Waals surface area contributed by atoms with Crippen LogP contribution in [0.5, 0.6) is 0 Å². The molecular formula is C31H33ClSi. The molecule has 2 atom stereocenters. The lowest BCUT2D eigenvalue weighted by Gasteiger charge is -2.21. The van der Waals surface area contributed by atoms with Gasteiger partial charge < -0.3 is 0 Å². The zero-order chi connectivity index (χ0) is 23.4. The van der Waals surface area contributed by atoms with Crippen LogP contribution in [0.25, 0.3) is 17.7 Å². The van der Waals surface area contributed by atoms with Gasteiger partial charge >= 0.3 is 0 Å². The maximum atomic E-state index is 6.45. The Kier molecular flexibility index (Phi) is 7.22. The molecular weight excluding hydrogens is 436 g/mol. The average molecular weight is 469 g/mol. The van der Waals surface area contributed by atoms with E-state index < -0.39 is 7.38 Å². The van der Waals surface area contributed by atoms with Gasteiger partial charge in [-0.1, -0.05) is 123 Å². The number of fused-ring (bicyclic) bond motifs is 3. The molecule has 0 saturated heterocycles. The highest BCUT2D eigenvalue weighted by molar-refractivity contribution is 7.20. The zero-order valence-electron chi connectivity index (χ0n) is 20.1. The monoisotopic (exact) mass is 468 g/mol. The van der Waals surface area contributed by atoms with E-state index in [-0.39, 0.29) is 0 Å². The van der Waals surface area contributed by atoms with Gasteiger partial charge in [-0.2, -0.15) is 11.1 Å². The van der Waals surface area contributed by atoms with Crippen LogP contribution in [0.15, 0.2) is 91.0 Å². The predicted octanol–water partition coefficient (Wildman–Crippen LogP) is 9.24. The van der Waals surface area contributed by atoms with Crippen LogP contribution in [0.2, 0.25) is 13.1 Å². The van der Waals surface area contributed by atoms with Gasteiger partial charge in [-0.3, -0.25) is 0 Å². The Morgan fingerprint density at radius 2 is 1.33 bits per heavy atom. The van der Waals surface area contributed by atoms with Crippen LogP contribution in [0.4, 0.5) is 0 Å². The summed E-state index contributed by atoms with van der Waals surface area (Å²) in [6.07, 6.45) is 12.3. The highest BCUT2D eigenvalue weighted by atomic mass is 35.6. The van der Waals surface area contributed by atoms with Crippen molar-refractivity contribution in [1.29, 1.82) is 0 Å². The average Bonchev–Trinajstić information content (AvgIpc) is 3.52. The highest BCUT2D eigenvalue weighted by Crippen LogP contribution is 2.38. The summed E-state index contributed by atoms with van der Waals surface area (Å²) in [6, 6.07) is 25.6. The molecule has 2 unspecified atom stereocenters. The number of benzene rings is 3. The van der Waals surface area contributed by atoms with Crippen LogP contribution in [0.3, 0.4) is 0 Å². The number of halogens is 1. The molecule has 3 aromatic carbocycles. The van der Waals surface area contributed by atoms with Crippen molar-refractivity contribution in [3.05, 3.63) is 124 Å². The highest BCUT2D eigenvalue weighted by Gasteiger charge is 2.32. The lowest BCUT2D eigenvalue weighted by Crippen LogP contribution is -2.25. The summed E-state index contributed by atoms with van der Waals surface area (Å²) in [5.74, 6) is 0.621. The van der Waals surface area contributed by atoms with Crippen molar-refractivity contribution in [3.8, 4) is 0 Å². The van der Waals surface area contributed by atoms with E-state index in [2.05, 4.69) is 130 Å². The molecule has 0 aromatic heterocycles. The molecule has 0 bridgehead atoms. The topological polar surface area (TPSA) is 0 Å². The SMILES string of the molecule is CC1=CCc2ccccc21.CC1C=Cc2ccccc21.C[Si](C)(Cl)C1C=Cc2ccccc21. The molecule has 0 spiro atoms. The van der Waals surface area contributed by atoms with Crippen molar-refractivity contribution >= 4 is 36.2 Å². The summed E-state index contributed by atoms with van der Waals surface area (Å²) in [5.41, 5.74) is 10.4. The molecule has 33 heavy (non-hydrogen) atoms. The number of hydrogen-bond donors (Lipinski definition) is 0. The van der Waals surface area contributed by atoms with Crippen LogP contribution in [0, 0.1) is 0 Å². The fourth-order valence-electron chi connectivity index (χ4n) is 4.73. The lowest BCUT2D eigenvalue weighted by molar-refractivity contribution is 0.990. The third-order valence-electron chi connectivity index (χ3n) is 6.66. The second-order valence-electron chi connectivity index (χ2n) is 9.56. The van der Waals surface area contributed by atoms with Gasteiger partial charge in [0.2, 0.25) is 0 Å². The van der Waals surface area contributed by atoms with E-state index in [4.69, 9.17) is 11.1 Å². The lowest BCUT2D eigenvalue weighted by atomic mass is 10.0. The summed E-state index contributed by atoms with van der Waals surface area (Å²) < 4.78 is 0. The van der Waals surface area contributed by atoms with Crippen LogP contribution >= 0.6 is 11.1 Å². The second-order valence-corrected chi connectivity index (χ2v) is 16.2. The Morgan fingerprint density at radius 3 is 2.00 bits per heavy atom. The zero-order valence-corrected chi connectivity index (χ0v) is 21.8. The molecule has 0 radical (unpaired) electrons. The van der Waals surface area contributed by atoms with E-state index in [1.807, 2.05) is 0 Å². The van der Waals surface area contributed by atoms with Crippen molar-refractivity contribution in [2.24, 2.45) is 0 Å². The minimum atomic E-state index is -1.59. The summed E-state index contributed by atoms with van der Waals surface area (Å²) in [5, 5.41) is 0. The first-order valence-electron chi connectivity index (χ1n) is 11.8. The fourth-order valence-corrected chi connectivity index (χ4v) is 6.86. The molecule has 3 aliphatic carbocycles. The van der Waals surface area contributed by atoms with Crippen LogP contribution in [0.1, 0.15) is 58.7 Å². The van der Waals surface area contributed by atoms with E-state index >= 15 is 0 Å².